The van der Waals surface area contributed by atoms with Crippen LogP contribution in [0.25, 0.3) is 44.2 Å². The minimum absolute atomic E-state index is 0.00847. The number of imidazole rings is 2. The summed E-state index contributed by atoms with van der Waals surface area (Å²) in [5.41, 5.74) is 5.44. The van der Waals surface area contributed by atoms with Crippen molar-refractivity contribution in [1.82, 2.24) is 30.2 Å². The largest absolute Gasteiger partial charge is 0.465 e. The molecular weight excluding hydrogens is 568 g/mol. The molecule has 4 N–H and O–H groups in total. The van der Waals surface area contributed by atoms with Gasteiger partial charge in [-0.3, -0.25) is 4.90 Å². The molecule has 1 unspecified atom stereocenters. The van der Waals surface area contributed by atoms with Crippen LogP contribution in [0.1, 0.15) is 76.5 Å². The molecular formula is C35H38N6O4. The number of likely N-dealkylation sites (tertiary alicyclic amines) is 1. The maximum atomic E-state index is 12.4. The van der Waals surface area contributed by atoms with Crippen molar-refractivity contribution in [2.75, 3.05) is 6.54 Å². The zero-order chi connectivity index (χ0) is 31.3. The van der Waals surface area contributed by atoms with Gasteiger partial charge >= 0.3 is 12.2 Å². The first-order valence-electron chi connectivity index (χ1n) is 15.7. The van der Waals surface area contributed by atoms with E-state index in [-0.39, 0.29) is 24.1 Å². The van der Waals surface area contributed by atoms with Crippen molar-refractivity contribution >= 4 is 34.0 Å². The van der Waals surface area contributed by atoms with Crippen LogP contribution in [0.4, 0.5) is 9.59 Å². The van der Waals surface area contributed by atoms with Crippen LogP contribution in [0.2, 0.25) is 0 Å². The number of rotatable bonds is 5. The van der Waals surface area contributed by atoms with Crippen molar-refractivity contribution in [2.45, 2.75) is 76.5 Å². The molecule has 1 saturated heterocycles. The van der Waals surface area contributed by atoms with Crippen LogP contribution in [-0.2, 0) is 4.74 Å². The van der Waals surface area contributed by atoms with Crippen LogP contribution in [-0.4, -0.2) is 60.3 Å². The highest BCUT2D eigenvalue weighted by atomic mass is 16.6. The number of amides is 2. The second kappa shape index (κ2) is 11.3. The minimum atomic E-state index is -0.901. The maximum Gasteiger partial charge on any atom is 0.407 e. The van der Waals surface area contributed by atoms with E-state index in [1.807, 2.05) is 33.0 Å². The molecule has 2 fully saturated rings. The van der Waals surface area contributed by atoms with Gasteiger partial charge in [-0.2, -0.15) is 0 Å². The quantitative estimate of drug-likeness (QED) is 0.161. The first kappa shape index (κ1) is 28.9. The molecule has 3 aromatic carbocycles. The number of nitrogens with one attached hydrogen (secondary N) is 3. The standard InChI is InChI=1S/C35H38N6O4/c1-35(2,3)45-33(42)39-26-7-4-6-25(26)31-36-19-28(38-31)21-11-9-20(10-12-21)22-13-15-24-23(18-22)14-16-27-30(24)40-32(37-27)29-8-5-17-41(29)34(43)44/h9-16,18-19,25-26,29H,4-8,17H2,1-3H3,(H,36,38)(H,37,40)(H,39,42)(H,43,44)/t25-,26+,29?/m1/s1. The van der Waals surface area contributed by atoms with E-state index < -0.39 is 11.7 Å². The smallest absolute Gasteiger partial charge is 0.407 e. The number of carboxylic acid groups (broad SMARTS) is 1. The van der Waals surface area contributed by atoms with Gasteiger partial charge in [-0.15, -0.1) is 0 Å². The lowest BCUT2D eigenvalue weighted by Crippen LogP contribution is -2.40. The number of hydrogen-bond acceptors (Lipinski definition) is 5. The third-order valence-electron chi connectivity index (χ3n) is 9.00. The SMILES string of the molecule is CC(C)(C)OC(=O)N[C@H]1CCC[C@H]1c1ncc(-c2ccc(-c3ccc4c(ccc5nc(C6CCCN6C(=O)O)[nH]c54)c3)cc2)[nH]1. The molecule has 1 aliphatic carbocycles. The summed E-state index contributed by atoms with van der Waals surface area (Å²) in [5, 5.41) is 14.8. The van der Waals surface area contributed by atoms with Gasteiger partial charge in [0.2, 0.25) is 0 Å². The van der Waals surface area contributed by atoms with Crippen molar-refractivity contribution in [3.63, 3.8) is 0 Å². The second-order valence-corrected chi connectivity index (χ2v) is 13.2. The number of fused-ring (bicyclic) bond motifs is 3. The molecule has 0 spiro atoms. The predicted octanol–water partition coefficient (Wildman–Crippen LogP) is 7.75. The Balaban J connectivity index is 1.08. The zero-order valence-electron chi connectivity index (χ0n) is 25.8. The maximum absolute atomic E-state index is 12.4. The average molecular weight is 607 g/mol. The third kappa shape index (κ3) is 5.72. The van der Waals surface area contributed by atoms with Gasteiger partial charge < -0.3 is 25.1 Å². The van der Waals surface area contributed by atoms with E-state index in [9.17, 15) is 14.7 Å². The van der Waals surface area contributed by atoms with Crippen LogP contribution >= 0.6 is 0 Å². The predicted molar refractivity (Wildman–Crippen MR) is 173 cm³/mol. The molecule has 2 aliphatic rings. The molecule has 0 radical (unpaired) electrons. The highest BCUT2D eigenvalue weighted by Gasteiger charge is 2.34. The number of aromatic amines is 2. The monoisotopic (exact) mass is 606 g/mol. The van der Waals surface area contributed by atoms with Crippen LogP contribution < -0.4 is 5.32 Å². The molecule has 10 nitrogen and oxygen atoms in total. The van der Waals surface area contributed by atoms with E-state index in [0.717, 1.165) is 82.1 Å². The number of aromatic nitrogens is 4. The lowest BCUT2D eigenvalue weighted by Gasteiger charge is -2.24. The van der Waals surface area contributed by atoms with E-state index in [1.54, 1.807) is 0 Å². The van der Waals surface area contributed by atoms with Gasteiger partial charge in [-0.05, 0) is 80.7 Å². The number of carbonyl (C=O) groups is 2. The summed E-state index contributed by atoms with van der Waals surface area (Å²) in [6, 6.07) is 18.7. The second-order valence-electron chi connectivity index (χ2n) is 13.2. The summed E-state index contributed by atoms with van der Waals surface area (Å²) < 4.78 is 5.47. The number of hydrogen-bond donors (Lipinski definition) is 4. The van der Waals surface area contributed by atoms with Gasteiger partial charge in [0.1, 0.15) is 17.2 Å². The molecule has 232 valence electrons. The fraction of sp³-hybridized carbons (Fsp3) is 0.371. The Morgan fingerprint density at radius 2 is 1.71 bits per heavy atom. The van der Waals surface area contributed by atoms with Gasteiger partial charge in [-0.1, -0.05) is 48.9 Å². The van der Waals surface area contributed by atoms with Crippen LogP contribution in [0.3, 0.4) is 0 Å². The number of ether oxygens (including phenoxy) is 1. The third-order valence-corrected chi connectivity index (χ3v) is 9.00. The Bertz CT molecular complexity index is 1890. The number of carbonyl (C=O) groups excluding carboxylic acids is 1. The van der Waals surface area contributed by atoms with E-state index >= 15 is 0 Å². The highest BCUT2D eigenvalue weighted by Crippen LogP contribution is 2.36. The summed E-state index contributed by atoms with van der Waals surface area (Å²) in [6.45, 7) is 6.14. The van der Waals surface area contributed by atoms with E-state index in [2.05, 4.69) is 63.8 Å². The first-order valence-corrected chi connectivity index (χ1v) is 15.7. The summed E-state index contributed by atoms with van der Waals surface area (Å²) >= 11 is 0. The Morgan fingerprint density at radius 1 is 0.933 bits per heavy atom. The van der Waals surface area contributed by atoms with Crippen molar-refractivity contribution in [2.24, 2.45) is 0 Å². The lowest BCUT2D eigenvalue weighted by molar-refractivity contribution is 0.0500. The Hall–Kier alpha value is -4.86. The van der Waals surface area contributed by atoms with Crippen molar-refractivity contribution in [3.05, 3.63) is 72.4 Å². The molecule has 3 atom stereocenters. The van der Waals surface area contributed by atoms with Crippen molar-refractivity contribution in [3.8, 4) is 22.4 Å². The summed E-state index contributed by atoms with van der Waals surface area (Å²) in [6.07, 6.45) is 5.08. The molecule has 7 rings (SSSR count). The fourth-order valence-corrected chi connectivity index (χ4v) is 6.88. The zero-order valence-corrected chi connectivity index (χ0v) is 25.8. The summed E-state index contributed by atoms with van der Waals surface area (Å²) in [7, 11) is 0. The van der Waals surface area contributed by atoms with Crippen LogP contribution in [0, 0.1) is 0 Å². The molecule has 3 heterocycles. The first-order chi connectivity index (χ1) is 21.6. The summed E-state index contributed by atoms with van der Waals surface area (Å²) in [4.78, 5) is 42.0. The molecule has 5 aromatic rings. The molecule has 1 saturated carbocycles. The Kier molecular flexibility index (Phi) is 7.22. The van der Waals surface area contributed by atoms with Gasteiger partial charge in [0, 0.05) is 23.9 Å². The molecule has 2 amide bonds. The molecule has 45 heavy (non-hydrogen) atoms. The molecule has 10 heteroatoms. The van der Waals surface area contributed by atoms with E-state index in [4.69, 9.17) is 14.7 Å². The van der Waals surface area contributed by atoms with Gasteiger partial charge in [0.05, 0.1) is 29.0 Å². The minimum Gasteiger partial charge on any atom is -0.465 e. The highest BCUT2D eigenvalue weighted by molar-refractivity contribution is 6.05. The Morgan fingerprint density at radius 3 is 2.49 bits per heavy atom. The number of H-pyrrole nitrogens is 2. The topological polar surface area (TPSA) is 136 Å². The lowest BCUT2D eigenvalue weighted by atomic mass is 9.99. The van der Waals surface area contributed by atoms with E-state index in [0.29, 0.717) is 12.4 Å². The molecule has 2 aromatic heterocycles. The van der Waals surface area contributed by atoms with E-state index in [1.165, 1.54) is 4.90 Å². The molecule has 0 bridgehead atoms. The number of benzene rings is 3. The van der Waals surface area contributed by atoms with Gasteiger partial charge in [0.15, 0.2) is 0 Å². The van der Waals surface area contributed by atoms with Crippen molar-refractivity contribution in [1.29, 1.82) is 0 Å². The van der Waals surface area contributed by atoms with Crippen LogP contribution in [0.15, 0.2) is 60.8 Å². The average Bonchev–Trinajstić information content (AvgIpc) is 3.81. The van der Waals surface area contributed by atoms with Crippen LogP contribution in [0.5, 0.6) is 0 Å². The molecule has 1 aliphatic heterocycles. The number of alkyl carbamates (subject to hydrolysis) is 1. The van der Waals surface area contributed by atoms with Gasteiger partial charge in [-0.25, -0.2) is 19.6 Å². The Labute approximate surface area is 261 Å². The number of nitrogens with zero attached hydrogens (tertiary/aromatic N) is 3. The normalized spacial score (nSPS) is 20.2. The van der Waals surface area contributed by atoms with Gasteiger partial charge in [0.25, 0.3) is 0 Å². The van der Waals surface area contributed by atoms with Crippen molar-refractivity contribution < 1.29 is 19.4 Å². The fourth-order valence-electron chi connectivity index (χ4n) is 6.88. The summed E-state index contributed by atoms with van der Waals surface area (Å²) in [5.74, 6) is 1.72.